The third-order valence-corrected chi connectivity index (χ3v) is 4.63. The molecule has 28 heavy (non-hydrogen) atoms. The van der Waals surface area contributed by atoms with E-state index in [1.54, 1.807) is 12.1 Å². The van der Waals surface area contributed by atoms with Crippen LogP contribution in [0.3, 0.4) is 0 Å². The molecule has 0 saturated carbocycles. The second-order valence-corrected chi connectivity index (χ2v) is 6.61. The quantitative estimate of drug-likeness (QED) is 0.537. The Bertz CT molecular complexity index is 795. The van der Waals surface area contributed by atoms with Crippen molar-refractivity contribution in [2.24, 2.45) is 5.92 Å². The van der Waals surface area contributed by atoms with Crippen LogP contribution in [0.2, 0.25) is 0 Å². The van der Waals surface area contributed by atoms with Crippen molar-refractivity contribution in [1.82, 2.24) is 10.6 Å². The van der Waals surface area contributed by atoms with Crippen LogP contribution in [-0.4, -0.2) is 30.5 Å². The van der Waals surface area contributed by atoms with Crippen LogP contribution in [0.1, 0.15) is 29.6 Å². The van der Waals surface area contributed by atoms with Gasteiger partial charge in [-0.25, -0.2) is 0 Å². The number of carbonyl (C=O) groups is 1. The summed E-state index contributed by atoms with van der Waals surface area (Å²) in [5, 5.41) is 17.3. The third-order valence-electron chi connectivity index (χ3n) is 4.63. The summed E-state index contributed by atoms with van der Waals surface area (Å²) in [5.74, 6) is 1.04. The number of non-ortho nitro benzene ring substituents is 1. The predicted molar refractivity (Wildman–Crippen MR) is 109 cm³/mol. The number of ether oxygens (including phenoxy) is 1. The summed E-state index contributed by atoms with van der Waals surface area (Å²) >= 11 is 0. The minimum absolute atomic E-state index is 0. The minimum atomic E-state index is -0.517. The Balaban J connectivity index is 0.00000280. The number of amides is 1. The van der Waals surface area contributed by atoms with Crippen LogP contribution in [0.25, 0.3) is 0 Å². The highest BCUT2D eigenvalue weighted by Crippen LogP contribution is 2.28. The Hall–Kier alpha value is -2.64. The molecule has 0 bridgehead atoms. The first-order chi connectivity index (χ1) is 13.1. The molecular weight excluding hydrogens is 382 g/mol. The van der Waals surface area contributed by atoms with Gasteiger partial charge < -0.3 is 15.4 Å². The van der Waals surface area contributed by atoms with E-state index in [1.807, 2.05) is 18.2 Å². The van der Waals surface area contributed by atoms with Gasteiger partial charge in [0.05, 0.1) is 10.5 Å². The van der Waals surface area contributed by atoms with E-state index in [0.29, 0.717) is 24.0 Å². The molecule has 1 aliphatic heterocycles. The van der Waals surface area contributed by atoms with E-state index in [4.69, 9.17) is 4.74 Å². The van der Waals surface area contributed by atoms with Gasteiger partial charge in [-0.3, -0.25) is 14.9 Å². The normalized spacial score (nSPS) is 15.9. The fourth-order valence-corrected chi connectivity index (χ4v) is 3.17. The average molecular weight is 406 g/mol. The standard InChI is InChI=1S/C20H23N3O4.ClH/c24-20(22-12-10-15-5-4-11-21-14-15)18-13-16(23(25)26)8-9-19(18)27-17-6-2-1-3-7-17;/h1-3,6-9,13,15,21H,4-5,10-12,14H2,(H,22,24);1H. The lowest BCUT2D eigenvalue weighted by molar-refractivity contribution is -0.384. The summed E-state index contributed by atoms with van der Waals surface area (Å²) < 4.78 is 5.77. The van der Waals surface area contributed by atoms with E-state index < -0.39 is 4.92 Å². The molecule has 3 rings (SSSR count). The van der Waals surface area contributed by atoms with Crippen molar-refractivity contribution in [2.75, 3.05) is 19.6 Å². The largest absolute Gasteiger partial charge is 0.457 e. The van der Waals surface area contributed by atoms with E-state index in [2.05, 4.69) is 10.6 Å². The molecule has 0 aromatic heterocycles. The molecule has 0 radical (unpaired) electrons. The summed E-state index contributed by atoms with van der Waals surface area (Å²) in [7, 11) is 0. The minimum Gasteiger partial charge on any atom is -0.457 e. The van der Waals surface area contributed by atoms with E-state index in [-0.39, 0.29) is 29.6 Å². The average Bonchev–Trinajstić information content (AvgIpc) is 2.69. The zero-order valence-corrected chi connectivity index (χ0v) is 16.2. The predicted octanol–water partition coefficient (Wildman–Crippen LogP) is 3.93. The van der Waals surface area contributed by atoms with E-state index in [9.17, 15) is 14.9 Å². The number of rotatable bonds is 7. The molecule has 2 aromatic rings. The van der Waals surface area contributed by atoms with Gasteiger partial charge in [0.15, 0.2) is 0 Å². The summed E-state index contributed by atoms with van der Waals surface area (Å²) in [6.07, 6.45) is 3.18. The van der Waals surface area contributed by atoms with Crippen molar-refractivity contribution >= 4 is 24.0 Å². The molecule has 2 aromatic carbocycles. The molecule has 2 N–H and O–H groups in total. The van der Waals surface area contributed by atoms with Crippen LogP contribution in [-0.2, 0) is 0 Å². The smallest absolute Gasteiger partial charge is 0.270 e. The van der Waals surface area contributed by atoms with E-state index in [0.717, 1.165) is 32.4 Å². The number of hydrogen-bond acceptors (Lipinski definition) is 5. The Kier molecular flexibility index (Phi) is 8.22. The molecular formula is C20H24ClN3O4. The molecule has 1 unspecified atom stereocenters. The van der Waals surface area contributed by atoms with Gasteiger partial charge in [-0.2, -0.15) is 0 Å². The number of para-hydroxylation sites is 1. The number of halogens is 1. The molecule has 8 heteroatoms. The van der Waals surface area contributed by atoms with Crippen molar-refractivity contribution in [1.29, 1.82) is 0 Å². The fraction of sp³-hybridized carbons (Fsp3) is 0.350. The van der Waals surface area contributed by atoms with Crippen molar-refractivity contribution < 1.29 is 14.5 Å². The van der Waals surface area contributed by atoms with Gasteiger partial charge in [-0.1, -0.05) is 18.2 Å². The molecule has 0 spiro atoms. The number of nitrogens with one attached hydrogen (secondary N) is 2. The second-order valence-electron chi connectivity index (χ2n) is 6.61. The summed E-state index contributed by atoms with van der Waals surface area (Å²) in [5.41, 5.74) is 0.0202. The van der Waals surface area contributed by atoms with Crippen LogP contribution in [0.15, 0.2) is 48.5 Å². The highest BCUT2D eigenvalue weighted by molar-refractivity contribution is 5.97. The SMILES string of the molecule is Cl.O=C(NCCC1CCCNC1)c1cc([N+](=O)[O-])ccc1Oc1ccccc1. The topological polar surface area (TPSA) is 93.5 Å². The Morgan fingerprint density at radius 1 is 1.25 bits per heavy atom. The Labute approximate surface area is 170 Å². The monoisotopic (exact) mass is 405 g/mol. The van der Waals surface area contributed by atoms with Gasteiger partial charge >= 0.3 is 0 Å². The lowest BCUT2D eigenvalue weighted by Crippen LogP contribution is -2.33. The molecule has 1 heterocycles. The Morgan fingerprint density at radius 2 is 2.04 bits per heavy atom. The van der Waals surface area contributed by atoms with Crippen molar-refractivity contribution in [3.05, 3.63) is 64.2 Å². The lowest BCUT2D eigenvalue weighted by atomic mass is 9.96. The van der Waals surface area contributed by atoms with Crippen LogP contribution in [0.5, 0.6) is 11.5 Å². The summed E-state index contributed by atoms with van der Waals surface area (Å²) in [6, 6.07) is 13.1. The van der Waals surface area contributed by atoms with Crippen molar-refractivity contribution in [3.8, 4) is 11.5 Å². The number of benzene rings is 2. The first-order valence-electron chi connectivity index (χ1n) is 9.14. The van der Waals surface area contributed by atoms with Crippen LogP contribution >= 0.6 is 12.4 Å². The van der Waals surface area contributed by atoms with Gasteiger partial charge in [0.1, 0.15) is 11.5 Å². The number of piperidine rings is 1. The number of hydrogen-bond donors (Lipinski definition) is 2. The van der Waals surface area contributed by atoms with Gasteiger partial charge in [0, 0.05) is 18.7 Å². The number of nitro groups is 1. The Morgan fingerprint density at radius 3 is 2.71 bits per heavy atom. The first kappa shape index (κ1) is 21.7. The van der Waals surface area contributed by atoms with Crippen LogP contribution in [0.4, 0.5) is 5.69 Å². The maximum atomic E-state index is 12.6. The molecule has 150 valence electrons. The molecule has 0 aliphatic carbocycles. The van der Waals surface area contributed by atoms with Gasteiger partial charge in [-0.05, 0) is 56.5 Å². The van der Waals surface area contributed by atoms with Crippen LogP contribution < -0.4 is 15.4 Å². The third kappa shape index (κ3) is 5.94. The number of carbonyl (C=O) groups excluding carboxylic acids is 1. The molecule has 1 atom stereocenters. The van der Waals surface area contributed by atoms with Crippen molar-refractivity contribution in [2.45, 2.75) is 19.3 Å². The molecule has 1 fully saturated rings. The van der Waals surface area contributed by atoms with E-state index >= 15 is 0 Å². The highest BCUT2D eigenvalue weighted by atomic mass is 35.5. The number of nitrogens with zero attached hydrogens (tertiary/aromatic N) is 1. The first-order valence-corrected chi connectivity index (χ1v) is 9.14. The molecule has 1 aliphatic rings. The van der Waals surface area contributed by atoms with Crippen molar-refractivity contribution in [3.63, 3.8) is 0 Å². The van der Waals surface area contributed by atoms with E-state index in [1.165, 1.54) is 18.2 Å². The molecule has 1 amide bonds. The van der Waals surface area contributed by atoms with Gasteiger partial charge in [-0.15, -0.1) is 12.4 Å². The number of nitro benzene ring substituents is 1. The zero-order valence-electron chi connectivity index (χ0n) is 15.4. The fourth-order valence-electron chi connectivity index (χ4n) is 3.17. The zero-order chi connectivity index (χ0) is 19.1. The highest BCUT2D eigenvalue weighted by Gasteiger charge is 2.19. The maximum Gasteiger partial charge on any atom is 0.270 e. The van der Waals surface area contributed by atoms with Gasteiger partial charge in [0.25, 0.3) is 11.6 Å². The molecule has 1 saturated heterocycles. The van der Waals surface area contributed by atoms with Crippen LogP contribution in [0, 0.1) is 16.0 Å². The van der Waals surface area contributed by atoms with Gasteiger partial charge in [0.2, 0.25) is 0 Å². The second kappa shape index (κ2) is 10.6. The molecule has 7 nitrogen and oxygen atoms in total. The summed E-state index contributed by atoms with van der Waals surface area (Å²) in [4.78, 5) is 23.2. The lowest BCUT2D eigenvalue weighted by Gasteiger charge is -2.22. The summed E-state index contributed by atoms with van der Waals surface area (Å²) in [6.45, 7) is 2.55. The maximum absolute atomic E-state index is 12.6.